The summed E-state index contributed by atoms with van der Waals surface area (Å²) in [4.78, 5) is 13.7. The molecule has 1 fully saturated rings. The van der Waals surface area contributed by atoms with E-state index in [0.29, 0.717) is 6.54 Å². The molecule has 1 saturated heterocycles. The molecule has 0 aliphatic carbocycles. The number of nitrogens with zero attached hydrogens (tertiary/aromatic N) is 1. The third-order valence-electron chi connectivity index (χ3n) is 2.79. The van der Waals surface area contributed by atoms with Gasteiger partial charge in [0.1, 0.15) is 5.60 Å². The molecule has 1 amide bonds. The molecule has 0 radical (unpaired) electrons. The van der Waals surface area contributed by atoms with Crippen molar-refractivity contribution in [2.24, 2.45) is 0 Å². The van der Waals surface area contributed by atoms with E-state index in [0.717, 1.165) is 12.8 Å². The number of hydrogen-bond donors (Lipinski definition) is 0. The van der Waals surface area contributed by atoms with E-state index in [-0.39, 0.29) is 18.2 Å². The first-order valence-electron chi connectivity index (χ1n) is 5.86. The molecule has 0 spiro atoms. The molecular formula is C12H23NO3. The predicted octanol–water partition coefficient (Wildman–Crippen LogP) is 2.42. The van der Waals surface area contributed by atoms with Crippen LogP contribution < -0.4 is 0 Å². The molecule has 1 heterocycles. The smallest absolute Gasteiger partial charge is 0.410 e. The third kappa shape index (κ3) is 3.67. The van der Waals surface area contributed by atoms with Crippen LogP contribution in [-0.2, 0) is 9.47 Å². The van der Waals surface area contributed by atoms with Crippen LogP contribution in [0.5, 0.6) is 0 Å². The molecule has 0 bridgehead atoms. The lowest BCUT2D eigenvalue weighted by Gasteiger charge is -2.37. The number of piperidine rings is 1. The summed E-state index contributed by atoms with van der Waals surface area (Å²) in [6.07, 6.45) is 1.83. The van der Waals surface area contributed by atoms with Crippen molar-refractivity contribution in [3.8, 4) is 0 Å². The predicted molar refractivity (Wildman–Crippen MR) is 62.4 cm³/mol. The fourth-order valence-electron chi connectivity index (χ4n) is 1.93. The normalized spacial score (nSPS) is 26.7. The number of hydrogen-bond acceptors (Lipinski definition) is 3. The monoisotopic (exact) mass is 229 g/mol. The van der Waals surface area contributed by atoms with E-state index in [1.165, 1.54) is 0 Å². The van der Waals surface area contributed by atoms with Crippen LogP contribution in [0.4, 0.5) is 4.79 Å². The van der Waals surface area contributed by atoms with Crippen molar-refractivity contribution in [1.82, 2.24) is 4.90 Å². The van der Waals surface area contributed by atoms with Crippen molar-refractivity contribution in [1.29, 1.82) is 0 Å². The second-order valence-electron chi connectivity index (χ2n) is 5.40. The first-order valence-corrected chi connectivity index (χ1v) is 5.86. The van der Waals surface area contributed by atoms with E-state index in [4.69, 9.17) is 9.47 Å². The highest BCUT2D eigenvalue weighted by molar-refractivity contribution is 5.68. The van der Waals surface area contributed by atoms with Gasteiger partial charge in [0.15, 0.2) is 0 Å². The first kappa shape index (κ1) is 13.3. The maximum absolute atomic E-state index is 11.9. The Balaban J connectivity index is 2.52. The number of rotatable bonds is 1. The molecule has 2 unspecified atom stereocenters. The topological polar surface area (TPSA) is 38.8 Å². The molecule has 1 aliphatic rings. The second kappa shape index (κ2) is 5.04. The summed E-state index contributed by atoms with van der Waals surface area (Å²) >= 11 is 0. The van der Waals surface area contributed by atoms with Crippen LogP contribution in [0.3, 0.4) is 0 Å². The van der Waals surface area contributed by atoms with Crippen molar-refractivity contribution in [2.45, 2.75) is 58.3 Å². The Labute approximate surface area is 97.9 Å². The molecule has 0 aromatic rings. The maximum atomic E-state index is 11.9. The highest BCUT2D eigenvalue weighted by atomic mass is 16.6. The minimum Gasteiger partial charge on any atom is -0.444 e. The number of carbonyl (C=O) groups is 1. The Morgan fingerprint density at radius 3 is 2.44 bits per heavy atom. The first-order chi connectivity index (χ1) is 7.33. The fraction of sp³-hybridized carbons (Fsp3) is 0.917. The zero-order valence-electron chi connectivity index (χ0n) is 10.9. The standard InChI is InChI=1S/C12H23NO3/c1-9-8-10(15-5)6-7-13(9)11(14)16-12(2,3)4/h9-10H,6-8H2,1-5H3. The SMILES string of the molecule is COC1CCN(C(=O)OC(C)(C)C)C(C)C1. The van der Waals surface area contributed by atoms with E-state index in [1.807, 2.05) is 27.7 Å². The summed E-state index contributed by atoms with van der Waals surface area (Å²) in [5.41, 5.74) is -0.422. The average molecular weight is 229 g/mol. The van der Waals surface area contributed by atoms with E-state index < -0.39 is 5.60 Å². The lowest BCUT2D eigenvalue weighted by atomic mass is 10.0. The van der Waals surface area contributed by atoms with Gasteiger partial charge in [0.2, 0.25) is 0 Å². The van der Waals surface area contributed by atoms with E-state index >= 15 is 0 Å². The maximum Gasteiger partial charge on any atom is 0.410 e. The number of likely N-dealkylation sites (tertiary alicyclic amines) is 1. The van der Waals surface area contributed by atoms with Gasteiger partial charge in [-0.2, -0.15) is 0 Å². The van der Waals surface area contributed by atoms with Crippen molar-refractivity contribution in [3.05, 3.63) is 0 Å². The molecule has 0 aromatic carbocycles. The van der Waals surface area contributed by atoms with Crippen molar-refractivity contribution < 1.29 is 14.3 Å². The summed E-state index contributed by atoms with van der Waals surface area (Å²) < 4.78 is 10.7. The Morgan fingerprint density at radius 1 is 1.38 bits per heavy atom. The Hall–Kier alpha value is -0.770. The minimum absolute atomic E-state index is 0.188. The Bertz CT molecular complexity index is 247. The van der Waals surface area contributed by atoms with Crippen LogP contribution in [0.1, 0.15) is 40.5 Å². The van der Waals surface area contributed by atoms with Gasteiger partial charge in [-0.05, 0) is 40.5 Å². The lowest BCUT2D eigenvalue weighted by molar-refractivity contribution is -0.0144. The number of ether oxygens (including phenoxy) is 2. The molecule has 1 aliphatic heterocycles. The molecule has 0 N–H and O–H groups in total. The zero-order valence-corrected chi connectivity index (χ0v) is 10.9. The highest BCUT2D eigenvalue weighted by Crippen LogP contribution is 2.21. The van der Waals surface area contributed by atoms with Gasteiger partial charge in [-0.3, -0.25) is 0 Å². The van der Waals surface area contributed by atoms with Crippen LogP contribution in [-0.4, -0.2) is 42.4 Å². The Morgan fingerprint density at radius 2 is 2.00 bits per heavy atom. The highest BCUT2D eigenvalue weighted by Gasteiger charge is 2.31. The van der Waals surface area contributed by atoms with Crippen LogP contribution >= 0.6 is 0 Å². The van der Waals surface area contributed by atoms with Crippen LogP contribution in [0.2, 0.25) is 0 Å². The largest absolute Gasteiger partial charge is 0.444 e. The fourth-order valence-corrected chi connectivity index (χ4v) is 1.93. The molecule has 4 heteroatoms. The minimum atomic E-state index is -0.422. The molecule has 94 valence electrons. The van der Waals surface area contributed by atoms with Gasteiger partial charge in [0, 0.05) is 19.7 Å². The van der Waals surface area contributed by atoms with E-state index in [9.17, 15) is 4.79 Å². The van der Waals surface area contributed by atoms with Gasteiger partial charge in [-0.25, -0.2) is 4.79 Å². The second-order valence-corrected chi connectivity index (χ2v) is 5.40. The molecule has 2 atom stereocenters. The quantitative estimate of drug-likeness (QED) is 0.693. The lowest BCUT2D eigenvalue weighted by Crippen LogP contribution is -2.48. The number of methoxy groups -OCH3 is 1. The van der Waals surface area contributed by atoms with Crippen molar-refractivity contribution >= 4 is 6.09 Å². The molecular weight excluding hydrogens is 206 g/mol. The summed E-state index contributed by atoms with van der Waals surface area (Å²) in [7, 11) is 1.72. The van der Waals surface area contributed by atoms with Gasteiger partial charge in [0.05, 0.1) is 6.10 Å². The summed E-state index contributed by atoms with van der Waals surface area (Å²) in [5, 5.41) is 0. The van der Waals surface area contributed by atoms with Gasteiger partial charge in [-0.1, -0.05) is 0 Å². The molecule has 16 heavy (non-hydrogen) atoms. The van der Waals surface area contributed by atoms with Crippen LogP contribution in [0.15, 0.2) is 0 Å². The van der Waals surface area contributed by atoms with Gasteiger partial charge in [0.25, 0.3) is 0 Å². The Kier molecular flexibility index (Phi) is 4.19. The van der Waals surface area contributed by atoms with E-state index in [2.05, 4.69) is 0 Å². The number of amides is 1. The van der Waals surface area contributed by atoms with Crippen LogP contribution in [0, 0.1) is 0 Å². The van der Waals surface area contributed by atoms with E-state index in [1.54, 1.807) is 12.0 Å². The summed E-state index contributed by atoms with van der Waals surface area (Å²) in [6, 6.07) is 0.188. The molecule has 0 saturated carbocycles. The summed E-state index contributed by atoms with van der Waals surface area (Å²) in [6.45, 7) is 8.41. The average Bonchev–Trinajstić information content (AvgIpc) is 2.14. The van der Waals surface area contributed by atoms with Crippen molar-refractivity contribution in [3.63, 3.8) is 0 Å². The van der Waals surface area contributed by atoms with Crippen molar-refractivity contribution in [2.75, 3.05) is 13.7 Å². The van der Waals surface area contributed by atoms with Gasteiger partial charge < -0.3 is 14.4 Å². The molecule has 1 rings (SSSR count). The number of carbonyl (C=O) groups excluding carboxylic acids is 1. The van der Waals surface area contributed by atoms with Gasteiger partial charge in [-0.15, -0.1) is 0 Å². The third-order valence-corrected chi connectivity index (χ3v) is 2.79. The zero-order chi connectivity index (χ0) is 12.3. The van der Waals surface area contributed by atoms with Crippen LogP contribution in [0.25, 0.3) is 0 Å². The summed E-state index contributed by atoms with van der Waals surface area (Å²) in [5.74, 6) is 0. The van der Waals surface area contributed by atoms with Gasteiger partial charge >= 0.3 is 6.09 Å². The molecule has 0 aromatic heterocycles. The molecule has 4 nitrogen and oxygen atoms in total.